The van der Waals surface area contributed by atoms with Crippen molar-refractivity contribution in [3.05, 3.63) is 76.3 Å². The van der Waals surface area contributed by atoms with Crippen LogP contribution in [-0.2, 0) is 36.0 Å². The summed E-state index contributed by atoms with van der Waals surface area (Å²) in [7, 11) is -7.55. The number of benzene rings is 3. The molecule has 0 spiro atoms. The lowest BCUT2D eigenvalue weighted by Crippen LogP contribution is -2.40. The van der Waals surface area contributed by atoms with Crippen molar-refractivity contribution in [2.24, 2.45) is 0 Å². The van der Waals surface area contributed by atoms with Gasteiger partial charge in [0.25, 0.3) is 15.9 Å². The molecular weight excluding hydrogens is 601 g/mol. The van der Waals surface area contributed by atoms with Gasteiger partial charge in [-0.15, -0.1) is 0 Å². The lowest BCUT2D eigenvalue weighted by atomic mass is 10.1. The van der Waals surface area contributed by atoms with Gasteiger partial charge in [-0.05, 0) is 66.6 Å². The molecule has 2 heterocycles. The molecule has 0 aliphatic carbocycles. The fourth-order valence-corrected chi connectivity index (χ4v) is 7.80. The number of sulfonamides is 2. The average Bonchev–Trinajstić information content (AvgIpc) is 3.37. The van der Waals surface area contributed by atoms with Crippen LogP contribution in [0.2, 0.25) is 10.0 Å². The number of rotatable bonds is 8. The van der Waals surface area contributed by atoms with Crippen molar-refractivity contribution in [3.8, 4) is 5.75 Å². The number of nitrogens with zero attached hydrogens (tertiary/aromatic N) is 2. The molecule has 0 aromatic heterocycles. The summed E-state index contributed by atoms with van der Waals surface area (Å²) >= 11 is 12.2. The van der Waals surface area contributed by atoms with Gasteiger partial charge in [-0.3, -0.25) is 9.10 Å². The van der Waals surface area contributed by atoms with Crippen molar-refractivity contribution in [2.45, 2.75) is 16.2 Å². The summed E-state index contributed by atoms with van der Waals surface area (Å²) in [4.78, 5) is 12.8. The number of hydrogen-bond donors (Lipinski definition) is 1. The molecular formula is C26H25Cl2N3O7S2. The number of ether oxygens (including phenoxy) is 2. The van der Waals surface area contributed by atoms with E-state index in [2.05, 4.69) is 5.32 Å². The second kappa shape index (κ2) is 11.6. The Bertz CT molecular complexity index is 1640. The highest BCUT2D eigenvalue weighted by atomic mass is 35.5. The quantitative estimate of drug-likeness (QED) is 0.404. The Morgan fingerprint density at radius 1 is 0.875 bits per heavy atom. The maximum absolute atomic E-state index is 13.2. The number of carbonyl (C=O) groups excluding carboxylic acids is 1. The van der Waals surface area contributed by atoms with Crippen molar-refractivity contribution in [2.75, 3.05) is 49.1 Å². The van der Waals surface area contributed by atoms with Crippen LogP contribution in [0.3, 0.4) is 0 Å². The van der Waals surface area contributed by atoms with Crippen LogP contribution in [0, 0.1) is 0 Å². The standard InChI is InChI=1S/C26H25Cl2N3O7S2/c27-19-2-5-21(6-3-19)40(35,36)31-10-9-18-1-4-20(15-24(18)31)29-26(32)17-38-25-8-7-22(16-23(25)28)39(33,34)30-11-13-37-14-12-30/h1-8,15-16H,9-14,17H2,(H,29,32). The zero-order valence-electron chi connectivity index (χ0n) is 21.0. The number of hydrogen-bond acceptors (Lipinski definition) is 7. The van der Waals surface area contributed by atoms with E-state index in [1.165, 1.54) is 51.1 Å². The summed E-state index contributed by atoms with van der Waals surface area (Å²) in [6.07, 6.45) is 0.537. The van der Waals surface area contributed by atoms with Crippen LogP contribution in [0.25, 0.3) is 0 Å². The van der Waals surface area contributed by atoms with E-state index < -0.39 is 32.6 Å². The van der Waals surface area contributed by atoms with Crippen LogP contribution < -0.4 is 14.4 Å². The molecule has 0 bridgehead atoms. The first-order valence-electron chi connectivity index (χ1n) is 12.3. The summed E-state index contributed by atoms with van der Waals surface area (Å²) < 4.78 is 65.5. The van der Waals surface area contributed by atoms with Gasteiger partial charge in [-0.1, -0.05) is 29.3 Å². The van der Waals surface area contributed by atoms with Crippen molar-refractivity contribution in [3.63, 3.8) is 0 Å². The van der Waals surface area contributed by atoms with E-state index >= 15 is 0 Å². The lowest BCUT2D eigenvalue weighted by Gasteiger charge is -2.26. The highest BCUT2D eigenvalue weighted by Crippen LogP contribution is 2.35. The van der Waals surface area contributed by atoms with Crippen LogP contribution in [0.15, 0.2) is 70.5 Å². The van der Waals surface area contributed by atoms with Gasteiger partial charge in [-0.2, -0.15) is 4.31 Å². The largest absolute Gasteiger partial charge is 0.482 e. The zero-order chi connectivity index (χ0) is 28.5. The number of nitrogens with one attached hydrogen (secondary N) is 1. The topological polar surface area (TPSA) is 122 Å². The molecule has 0 atom stereocenters. The normalized spacial score (nSPS) is 16.0. The van der Waals surface area contributed by atoms with E-state index in [4.69, 9.17) is 32.7 Å². The van der Waals surface area contributed by atoms with Gasteiger partial charge in [0.05, 0.1) is 33.7 Å². The van der Waals surface area contributed by atoms with E-state index in [-0.39, 0.29) is 40.2 Å². The van der Waals surface area contributed by atoms with Crippen LogP contribution in [0.5, 0.6) is 5.75 Å². The number of halogens is 2. The highest BCUT2D eigenvalue weighted by molar-refractivity contribution is 7.92. The summed E-state index contributed by atoms with van der Waals surface area (Å²) in [5.74, 6) is -0.363. The molecule has 0 saturated carbocycles. The molecule has 10 nitrogen and oxygen atoms in total. The van der Waals surface area contributed by atoms with Gasteiger partial charge in [-0.25, -0.2) is 16.8 Å². The maximum Gasteiger partial charge on any atom is 0.264 e. The minimum absolute atomic E-state index is 0.0208. The minimum Gasteiger partial charge on any atom is -0.482 e. The summed E-state index contributed by atoms with van der Waals surface area (Å²) in [6.45, 7) is 1.03. The zero-order valence-corrected chi connectivity index (χ0v) is 24.2. The smallest absolute Gasteiger partial charge is 0.264 e. The number of carbonyl (C=O) groups is 1. The predicted octanol–water partition coefficient (Wildman–Crippen LogP) is 3.78. The van der Waals surface area contributed by atoms with Crippen molar-refractivity contribution in [1.29, 1.82) is 0 Å². The van der Waals surface area contributed by atoms with Gasteiger partial charge in [0.15, 0.2) is 6.61 Å². The third-order valence-corrected chi connectivity index (χ3v) is 10.8. The Balaban J connectivity index is 1.24. The molecule has 3 aromatic rings. The lowest BCUT2D eigenvalue weighted by molar-refractivity contribution is -0.118. The van der Waals surface area contributed by atoms with Crippen LogP contribution in [0.4, 0.5) is 11.4 Å². The minimum atomic E-state index is -3.82. The van der Waals surface area contributed by atoms with E-state index in [9.17, 15) is 21.6 Å². The molecule has 1 amide bonds. The van der Waals surface area contributed by atoms with E-state index in [1.54, 1.807) is 18.2 Å². The molecule has 212 valence electrons. The van der Waals surface area contributed by atoms with Gasteiger partial charge < -0.3 is 14.8 Å². The molecule has 14 heteroatoms. The Hall–Kier alpha value is -2.87. The van der Waals surface area contributed by atoms with E-state index in [1.807, 2.05) is 0 Å². The monoisotopic (exact) mass is 625 g/mol. The van der Waals surface area contributed by atoms with Crippen LogP contribution >= 0.6 is 23.2 Å². The molecule has 1 fully saturated rings. The molecule has 2 aliphatic rings. The Kier molecular flexibility index (Phi) is 8.27. The first-order valence-corrected chi connectivity index (χ1v) is 15.9. The maximum atomic E-state index is 13.2. The Morgan fingerprint density at radius 2 is 1.57 bits per heavy atom. The van der Waals surface area contributed by atoms with E-state index in [0.717, 1.165) is 5.56 Å². The number of morpholine rings is 1. The number of anilines is 2. The summed E-state index contributed by atoms with van der Waals surface area (Å²) in [6, 6.07) is 15.1. The van der Waals surface area contributed by atoms with Crippen molar-refractivity contribution in [1.82, 2.24) is 4.31 Å². The molecule has 40 heavy (non-hydrogen) atoms. The third-order valence-electron chi connectivity index (χ3n) is 6.49. The first kappa shape index (κ1) is 28.7. The van der Waals surface area contributed by atoms with Gasteiger partial charge in [0, 0.05) is 30.3 Å². The van der Waals surface area contributed by atoms with Crippen LogP contribution in [-0.4, -0.2) is 66.5 Å². The fourth-order valence-electron chi connectivity index (χ4n) is 4.45. The summed E-state index contributed by atoms with van der Waals surface area (Å²) in [5, 5.41) is 3.18. The van der Waals surface area contributed by atoms with Gasteiger partial charge in [0.1, 0.15) is 5.75 Å². The SMILES string of the molecule is O=C(COc1ccc(S(=O)(=O)N2CCOCC2)cc1Cl)Nc1ccc2c(c1)N(S(=O)(=O)c1ccc(Cl)cc1)CC2. The van der Waals surface area contributed by atoms with Crippen LogP contribution in [0.1, 0.15) is 5.56 Å². The van der Waals surface area contributed by atoms with E-state index in [0.29, 0.717) is 36.0 Å². The molecule has 0 unspecified atom stereocenters. The molecule has 1 saturated heterocycles. The van der Waals surface area contributed by atoms with Crippen molar-refractivity contribution < 1.29 is 31.1 Å². The molecule has 2 aliphatic heterocycles. The first-order chi connectivity index (χ1) is 19.1. The molecule has 5 rings (SSSR count). The van der Waals surface area contributed by atoms with Gasteiger partial charge >= 0.3 is 0 Å². The predicted molar refractivity (Wildman–Crippen MR) is 151 cm³/mol. The average molecular weight is 627 g/mol. The molecule has 0 radical (unpaired) electrons. The Morgan fingerprint density at radius 3 is 2.27 bits per heavy atom. The fraction of sp³-hybridized carbons (Fsp3) is 0.269. The second-order valence-corrected chi connectivity index (χ2v) is 13.7. The van der Waals surface area contributed by atoms with Crippen molar-refractivity contribution >= 4 is 60.5 Å². The number of fused-ring (bicyclic) bond motifs is 1. The molecule has 3 aromatic carbocycles. The Labute approximate surface area is 242 Å². The number of amides is 1. The third kappa shape index (κ3) is 5.92. The molecule has 1 N–H and O–H groups in total. The highest BCUT2D eigenvalue weighted by Gasteiger charge is 2.31. The second-order valence-electron chi connectivity index (χ2n) is 9.07. The van der Waals surface area contributed by atoms with Gasteiger partial charge in [0.2, 0.25) is 10.0 Å². The summed E-state index contributed by atoms with van der Waals surface area (Å²) in [5.41, 5.74) is 1.71.